The van der Waals surface area contributed by atoms with E-state index in [2.05, 4.69) is 27.0 Å². The summed E-state index contributed by atoms with van der Waals surface area (Å²) >= 11 is 6.43. The van der Waals surface area contributed by atoms with Crippen LogP contribution in [0.1, 0.15) is 31.2 Å². The molecule has 0 spiro atoms. The first-order valence-corrected chi connectivity index (χ1v) is 11.7. The van der Waals surface area contributed by atoms with Gasteiger partial charge in [0.1, 0.15) is 6.23 Å². The first-order chi connectivity index (χ1) is 15.4. The Morgan fingerprint density at radius 1 is 1.22 bits per heavy atom. The number of amides is 2. The lowest BCUT2D eigenvalue weighted by atomic mass is 10.1. The summed E-state index contributed by atoms with van der Waals surface area (Å²) in [6.07, 6.45) is 2.99. The van der Waals surface area contributed by atoms with Gasteiger partial charge in [0, 0.05) is 57.3 Å². The van der Waals surface area contributed by atoms with Crippen LogP contribution in [0.25, 0.3) is 0 Å². The van der Waals surface area contributed by atoms with Gasteiger partial charge in [0.2, 0.25) is 11.8 Å². The van der Waals surface area contributed by atoms with Gasteiger partial charge >= 0.3 is 0 Å². The molecule has 8 nitrogen and oxygen atoms in total. The number of hydrogen-bond donors (Lipinski definition) is 3. The molecule has 1 saturated carbocycles. The second-order valence-corrected chi connectivity index (χ2v) is 9.32. The van der Waals surface area contributed by atoms with Crippen molar-refractivity contribution in [1.29, 1.82) is 0 Å². The van der Waals surface area contributed by atoms with Gasteiger partial charge in [-0.15, -0.1) is 0 Å². The molecule has 0 radical (unpaired) electrons. The number of benzene rings is 1. The number of halogens is 1. The molecule has 1 aromatic rings. The lowest BCUT2D eigenvalue weighted by Crippen LogP contribution is -2.64. The van der Waals surface area contributed by atoms with Gasteiger partial charge in [-0.05, 0) is 42.5 Å². The molecular formula is C23H32ClN5O3. The van der Waals surface area contributed by atoms with E-state index in [9.17, 15) is 14.7 Å². The Kier molecular flexibility index (Phi) is 7.05. The molecule has 1 unspecified atom stereocenters. The Labute approximate surface area is 194 Å². The van der Waals surface area contributed by atoms with Crippen LogP contribution in [0.15, 0.2) is 24.8 Å². The number of carbonyl (C=O) groups is 2. The molecule has 1 aromatic carbocycles. The number of anilines is 2. The average molecular weight is 462 g/mol. The Bertz CT molecular complexity index is 877. The molecule has 2 saturated heterocycles. The molecule has 32 heavy (non-hydrogen) atoms. The summed E-state index contributed by atoms with van der Waals surface area (Å²) in [5.41, 5.74) is 2.51. The number of rotatable bonds is 8. The highest BCUT2D eigenvalue weighted by Gasteiger charge is 2.36. The minimum Gasteiger partial charge on any atom is -0.379 e. The predicted molar refractivity (Wildman–Crippen MR) is 126 cm³/mol. The first-order valence-electron chi connectivity index (χ1n) is 11.3. The maximum absolute atomic E-state index is 11.6. The van der Waals surface area contributed by atoms with Crippen molar-refractivity contribution < 1.29 is 14.7 Å². The Morgan fingerprint density at radius 3 is 2.50 bits per heavy atom. The number of aliphatic hydroxyl groups is 1. The second kappa shape index (κ2) is 9.79. The van der Waals surface area contributed by atoms with Crippen LogP contribution >= 0.6 is 11.6 Å². The smallest absolute Gasteiger partial charge is 0.246 e. The molecular weight excluding hydrogens is 430 g/mol. The second-order valence-electron chi connectivity index (χ2n) is 8.91. The number of aliphatic hydroxyl groups excluding tert-OH is 1. The highest BCUT2D eigenvalue weighted by Crippen LogP contribution is 2.45. The van der Waals surface area contributed by atoms with Crippen LogP contribution in [0, 0.1) is 0 Å². The lowest BCUT2D eigenvalue weighted by Gasteiger charge is -2.48. The van der Waals surface area contributed by atoms with Crippen molar-refractivity contribution >= 4 is 34.8 Å². The summed E-state index contributed by atoms with van der Waals surface area (Å²) < 4.78 is 0. The van der Waals surface area contributed by atoms with E-state index in [1.54, 1.807) is 11.0 Å². The van der Waals surface area contributed by atoms with Gasteiger partial charge in [0.25, 0.3) is 0 Å². The molecule has 2 aliphatic heterocycles. The monoisotopic (exact) mass is 461 g/mol. The number of likely N-dealkylation sites (tertiary alicyclic amines) is 1. The highest BCUT2D eigenvalue weighted by molar-refractivity contribution is 6.32. The van der Waals surface area contributed by atoms with Crippen molar-refractivity contribution in [3.63, 3.8) is 0 Å². The van der Waals surface area contributed by atoms with E-state index >= 15 is 0 Å². The molecule has 1 aliphatic carbocycles. The standard InChI is InChI=1S/C23H32ClN5O3/c1-3-22(31)29-13-17(14-29)27-6-8-28(9-7-27)23(32)12-25-20-10-18(16-4-5-16)19(24)11-21(20)26-15(2)30/h3,10-11,16-17,23,25,32H,1,4-9,12-14H2,2H3,(H,26,30). The summed E-state index contributed by atoms with van der Waals surface area (Å²) in [6.45, 7) is 10.1. The van der Waals surface area contributed by atoms with E-state index in [1.165, 1.54) is 13.0 Å². The quantitative estimate of drug-likeness (QED) is 0.513. The van der Waals surface area contributed by atoms with E-state index in [1.807, 2.05) is 6.07 Å². The van der Waals surface area contributed by atoms with Crippen molar-refractivity contribution in [2.75, 3.05) is 56.4 Å². The van der Waals surface area contributed by atoms with E-state index < -0.39 is 6.23 Å². The van der Waals surface area contributed by atoms with Crippen molar-refractivity contribution in [3.8, 4) is 0 Å². The van der Waals surface area contributed by atoms with Crippen LogP contribution in [-0.2, 0) is 9.59 Å². The van der Waals surface area contributed by atoms with Crippen LogP contribution in [-0.4, -0.2) is 89.7 Å². The summed E-state index contributed by atoms with van der Waals surface area (Å²) in [4.78, 5) is 29.5. The van der Waals surface area contributed by atoms with Crippen molar-refractivity contribution in [1.82, 2.24) is 14.7 Å². The average Bonchev–Trinajstić information content (AvgIpc) is 3.57. The third-order valence-electron chi connectivity index (χ3n) is 6.58. The third kappa shape index (κ3) is 5.26. The third-order valence-corrected chi connectivity index (χ3v) is 6.90. The van der Waals surface area contributed by atoms with Crippen molar-refractivity contribution in [2.45, 2.75) is 38.0 Å². The largest absolute Gasteiger partial charge is 0.379 e. The predicted octanol–water partition coefficient (Wildman–Crippen LogP) is 1.92. The molecule has 0 aromatic heterocycles. The number of carbonyl (C=O) groups excluding carboxylic acids is 2. The SMILES string of the molecule is C=CC(=O)N1CC(N2CCN(C(O)CNc3cc(C4CC4)c(Cl)cc3NC(C)=O)CC2)C1. The van der Waals surface area contributed by atoms with Crippen LogP contribution in [0.4, 0.5) is 11.4 Å². The number of nitrogens with one attached hydrogen (secondary N) is 2. The molecule has 1 atom stereocenters. The minimum absolute atomic E-state index is 0.00735. The zero-order chi connectivity index (χ0) is 22.8. The Balaban J connectivity index is 1.29. The Morgan fingerprint density at radius 2 is 1.91 bits per heavy atom. The van der Waals surface area contributed by atoms with Crippen LogP contribution in [0.2, 0.25) is 5.02 Å². The summed E-state index contributed by atoms with van der Waals surface area (Å²) in [5, 5.41) is 17.6. The zero-order valence-corrected chi connectivity index (χ0v) is 19.3. The molecule has 174 valence electrons. The minimum atomic E-state index is -0.636. The van der Waals surface area contributed by atoms with Gasteiger partial charge in [0.05, 0.1) is 17.9 Å². The molecule has 3 fully saturated rings. The molecule has 2 amide bonds. The van der Waals surface area contributed by atoms with E-state index in [4.69, 9.17) is 11.6 Å². The van der Waals surface area contributed by atoms with Gasteiger partial charge in [0.15, 0.2) is 0 Å². The molecule has 0 bridgehead atoms. The van der Waals surface area contributed by atoms with Gasteiger partial charge in [-0.3, -0.25) is 19.4 Å². The van der Waals surface area contributed by atoms with E-state index in [0.29, 0.717) is 29.2 Å². The van der Waals surface area contributed by atoms with Crippen LogP contribution in [0.5, 0.6) is 0 Å². The fourth-order valence-corrected chi connectivity index (χ4v) is 4.78. The fourth-order valence-electron chi connectivity index (χ4n) is 4.46. The van der Waals surface area contributed by atoms with Crippen molar-refractivity contribution in [3.05, 3.63) is 35.4 Å². The maximum atomic E-state index is 11.6. The van der Waals surface area contributed by atoms with E-state index in [0.717, 1.165) is 63.4 Å². The molecule has 3 aliphatic rings. The Hall–Kier alpha value is -2.13. The van der Waals surface area contributed by atoms with Gasteiger partial charge in [-0.2, -0.15) is 0 Å². The molecule has 2 heterocycles. The summed E-state index contributed by atoms with van der Waals surface area (Å²) in [7, 11) is 0. The van der Waals surface area contributed by atoms with Gasteiger partial charge in [-0.1, -0.05) is 18.2 Å². The van der Waals surface area contributed by atoms with E-state index in [-0.39, 0.29) is 11.8 Å². The zero-order valence-electron chi connectivity index (χ0n) is 18.5. The summed E-state index contributed by atoms with van der Waals surface area (Å²) in [5.74, 6) is 0.313. The first kappa shape index (κ1) is 23.0. The number of nitrogens with zero attached hydrogens (tertiary/aromatic N) is 3. The molecule has 9 heteroatoms. The van der Waals surface area contributed by atoms with Crippen LogP contribution in [0.3, 0.4) is 0 Å². The highest BCUT2D eigenvalue weighted by atomic mass is 35.5. The molecule has 4 rings (SSSR count). The summed E-state index contributed by atoms with van der Waals surface area (Å²) in [6, 6.07) is 4.19. The maximum Gasteiger partial charge on any atom is 0.246 e. The number of piperazine rings is 1. The number of hydrogen-bond acceptors (Lipinski definition) is 6. The molecule has 3 N–H and O–H groups in total. The van der Waals surface area contributed by atoms with Gasteiger partial charge < -0.3 is 20.6 Å². The van der Waals surface area contributed by atoms with Crippen LogP contribution < -0.4 is 10.6 Å². The van der Waals surface area contributed by atoms with Gasteiger partial charge in [-0.25, -0.2) is 0 Å². The normalized spacial score (nSPS) is 21.0. The van der Waals surface area contributed by atoms with Crippen molar-refractivity contribution in [2.24, 2.45) is 0 Å². The topological polar surface area (TPSA) is 88.2 Å². The fraction of sp³-hybridized carbons (Fsp3) is 0.565. The lowest BCUT2D eigenvalue weighted by molar-refractivity contribution is -0.134.